The molecule has 0 radical (unpaired) electrons. The van der Waals surface area contributed by atoms with E-state index in [2.05, 4.69) is 17.0 Å². The van der Waals surface area contributed by atoms with Gasteiger partial charge in [0.1, 0.15) is 0 Å². The lowest BCUT2D eigenvalue weighted by molar-refractivity contribution is 0.239. The van der Waals surface area contributed by atoms with Crippen molar-refractivity contribution in [2.75, 3.05) is 13.1 Å². The highest BCUT2D eigenvalue weighted by molar-refractivity contribution is 8.13. The fourth-order valence-electron chi connectivity index (χ4n) is 3.19. The largest absolute Gasteiger partial charge is 0.348 e. The number of aliphatic imine (C=N–C) groups is 1. The summed E-state index contributed by atoms with van der Waals surface area (Å²) in [4.78, 5) is 7.38. The molecular weight excluding hydrogens is 335 g/mol. The molecular formula is C17H24Cl2N2S. The van der Waals surface area contributed by atoms with Crippen LogP contribution in [0.5, 0.6) is 0 Å². The van der Waals surface area contributed by atoms with Crippen molar-refractivity contribution < 1.29 is 0 Å². The number of halogens is 2. The molecule has 3 rings (SSSR count). The Labute approximate surface area is 149 Å². The lowest BCUT2D eigenvalue weighted by atomic mass is 9.94. The van der Waals surface area contributed by atoms with E-state index >= 15 is 0 Å². The Balaban J connectivity index is 0.00000176. The summed E-state index contributed by atoms with van der Waals surface area (Å²) < 4.78 is 0. The molecule has 0 saturated heterocycles. The number of thioether (sulfide) groups is 1. The lowest BCUT2D eigenvalue weighted by Gasteiger charge is -2.38. The number of nitrogens with zero attached hydrogens (tertiary/aromatic N) is 2. The van der Waals surface area contributed by atoms with E-state index in [0.717, 1.165) is 23.4 Å². The zero-order valence-electron chi connectivity index (χ0n) is 12.8. The van der Waals surface area contributed by atoms with Gasteiger partial charge in [0.15, 0.2) is 5.17 Å². The summed E-state index contributed by atoms with van der Waals surface area (Å²) >= 11 is 7.84. The van der Waals surface area contributed by atoms with Gasteiger partial charge in [0.05, 0.1) is 0 Å². The van der Waals surface area contributed by atoms with Gasteiger partial charge in [0, 0.05) is 29.9 Å². The van der Waals surface area contributed by atoms with Gasteiger partial charge in [-0.05, 0) is 37.0 Å². The summed E-state index contributed by atoms with van der Waals surface area (Å²) in [6, 6.07) is 8.90. The molecule has 5 heteroatoms. The number of amidine groups is 1. The predicted molar refractivity (Wildman–Crippen MR) is 100 cm³/mol. The molecule has 1 fully saturated rings. The minimum absolute atomic E-state index is 0. The molecule has 2 nitrogen and oxygen atoms in total. The van der Waals surface area contributed by atoms with E-state index in [4.69, 9.17) is 16.6 Å². The van der Waals surface area contributed by atoms with E-state index in [1.165, 1.54) is 55.8 Å². The molecule has 0 amide bonds. The minimum Gasteiger partial charge on any atom is -0.348 e. The van der Waals surface area contributed by atoms with E-state index in [1.54, 1.807) is 0 Å². The Hall–Kier alpha value is -0.380. The highest BCUT2D eigenvalue weighted by atomic mass is 35.5. The van der Waals surface area contributed by atoms with E-state index in [-0.39, 0.29) is 12.4 Å². The summed E-state index contributed by atoms with van der Waals surface area (Å²) in [6.07, 6.45) is 8.09. The maximum Gasteiger partial charge on any atom is 0.159 e. The van der Waals surface area contributed by atoms with Crippen LogP contribution >= 0.6 is 35.8 Å². The van der Waals surface area contributed by atoms with Crippen molar-refractivity contribution in [3.8, 4) is 0 Å². The summed E-state index contributed by atoms with van der Waals surface area (Å²) in [5.74, 6) is 0.985. The zero-order valence-corrected chi connectivity index (χ0v) is 15.2. The van der Waals surface area contributed by atoms with Gasteiger partial charge in [-0.15, -0.1) is 12.4 Å². The van der Waals surface area contributed by atoms with Crippen molar-refractivity contribution in [2.24, 2.45) is 4.99 Å². The first-order valence-corrected chi connectivity index (χ1v) is 9.37. The van der Waals surface area contributed by atoms with Gasteiger partial charge < -0.3 is 4.90 Å². The molecule has 1 aromatic carbocycles. The molecule has 2 aliphatic rings. The third kappa shape index (κ3) is 4.81. The highest BCUT2D eigenvalue weighted by Gasteiger charge is 2.25. The van der Waals surface area contributed by atoms with Crippen molar-refractivity contribution in [3.63, 3.8) is 0 Å². The molecule has 0 unspecified atom stereocenters. The molecule has 0 bridgehead atoms. The second kappa shape index (κ2) is 9.05. The first kappa shape index (κ1) is 18.0. The van der Waals surface area contributed by atoms with Crippen molar-refractivity contribution in [3.05, 3.63) is 34.9 Å². The van der Waals surface area contributed by atoms with Crippen molar-refractivity contribution in [2.45, 2.75) is 50.3 Å². The molecule has 0 aromatic heterocycles. The van der Waals surface area contributed by atoms with Gasteiger partial charge in [-0.2, -0.15) is 0 Å². The second-order valence-electron chi connectivity index (χ2n) is 5.92. The Bertz CT molecular complexity index is 484. The molecule has 22 heavy (non-hydrogen) atoms. The lowest BCUT2D eigenvalue weighted by Crippen LogP contribution is -2.43. The first-order valence-electron chi connectivity index (χ1n) is 8.01. The normalized spacial score (nSPS) is 19.5. The average Bonchev–Trinajstić information content (AvgIpc) is 2.55. The second-order valence-corrected chi connectivity index (χ2v) is 7.30. The van der Waals surface area contributed by atoms with Gasteiger partial charge >= 0.3 is 0 Å². The molecule has 1 aliphatic heterocycles. The highest BCUT2D eigenvalue weighted by Crippen LogP contribution is 2.28. The molecule has 0 spiro atoms. The van der Waals surface area contributed by atoms with Crippen LogP contribution in [-0.4, -0.2) is 29.2 Å². The summed E-state index contributed by atoms with van der Waals surface area (Å²) in [5.41, 5.74) is 1.32. The third-order valence-electron chi connectivity index (χ3n) is 4.35. The van der Waals surface area contributed by atoms with Crippen LogP contribution in [0.3, 0.4) is 0 Å². The van der Waals surface area contributed by atoms with E-state index < -0.39 is 0 Å². The number of hydrogen-bond donors (Lipinski definition) is 0. The molecule has 0 N–H and O–H groups in total. The van der Waals surface area contributed by atoms with Gasteiger partial charge in [-0.3, -0.25) is 4.99 Å². The van der Waals surface area contributed by atoms with Crippen LogP contribution in [0.25, 0.3) is 0 Å². The van der Waals surface area contributed by atoms with E-state index in [1.807, 2.05) is 23.9 Å². The summed E-state index contributed by atoms with van der Waals surface area (Å²) in [6.45, 7) is 2.18. The molecule has 122 valence electrons. The fourth-order valence-corrected chi connectivity index (χ4v) is 4.39. The number of rotatable bonds is 3. The average molecular weight is 359 g/mol. The van der Waals surface area contributed by atoms with Gasteiger partial charge in [-0.25, -0.2) is 0 Å². The van der Waals surface area contributed by atoms with Crippen LogP contribution in [0.15, 0.2) is 29.3 Å². The molecule has 1 aliphatic carbocycles. The van der Waals surface area contributed by atoms with Gasteiger partial charge in [-0.1, -0.05) is 54.8 Å². The third-order valence-corrected chi connectivity index (χ3v) is 5.70. The standard InChI is InChI=1S/C17H23ClN2S.ClH/c18-15-9-7-14(8-10-15)13-21-17-19-11-4-12-20(17)16-5-2-1-3-6-16;/h7-10,16H,1-6,11-13H2;1H. The quantitative estimate of drug-likeness (QED) is 0.719. The molecule has 1 saturated carbocycles. The Morgan fingerprint density at radius 3 is 2.55 bits per heavy atom. The molecule has 1 aromatic rings. The Kier molecular flexibility index (Phi) is 7.39. The summed E-state index contributed by atoms with van der Waals surface area (Å²) in [5, 5.41) is 2.07. The Morgan fingerprint density at radius 1 is 1.09 bits per heavy atom. The zero-order chi connectivity index (χ0) is 14.5. The predicted octanol–water partition coefficient (Wildman–Crippen LogP) is 5.39. The fraction of sp³-hybridized carbons (Fsp3) is 0.588. The Morgan fingerprint density at radius 2 is 1.82 bits per heavy atom. The molecule has 1 heterocycles. The SMILES string of the molecule is Cl.Clc1ccc(CSC2=NCCCN2C2CCCCC2)cc1. The minimum atomic E-state index is 0. The van der Waals surface area contributed by atoms with Gasteiger partial charge in [0.2, 0.25) is 0 Å². The van der Waals surface area contributed by atoms with Crippen LogP contribution in [0, 0.1) is 0 Å². The van der Waals surface area contributed by atoms with Crippen LogP contribution in [0.4, 0.5) is 0 Å². The van der Waals surface area contributed by atoms with Crippen molar-refractivity contribution in [1.29, 1.82) is 0 Å². The first-order chi connectivity index (χ1) is 10.3. The van der Waals surface area contributed by atoms with Crippen LogP contribution in [0.1, 0.15) is 44.1 Å². The van der Waals surface area contributed by atoms with Crippen LogP contribution in [-0.2, 0) is 5.75 Å². The van der Waals surface area contributed by atoms with Crippen LogP contribution < -0.4 is 0 Å². The maximum absolute atomic E-state index is 5.95. The van der Waals surface area contributed by atoms with Gasteiger partial charge in [0.25, 0.3) is 0 Å². The number of benzene rings is 1. The van der Waals surface area contributed by atoms with E-state index in [0.29, 0.717) is 0 Å². The molecule has 0 atom stereocenters. The van der Waals surface area contributed by atoms with Crippen molar-refractivity contribution >= 4 is 40.9 Å². The van der Waals surface area contributed by atoms with E-state index in [9.17, 15) is 0 Å². The van der Waals surface area contributed by atoms with Crippen LogP contribution in [0.2, 0.25) is 5.02 Å². The van der Waals surface area contributed by atoms with Crippen molar-refractivity contribution in [1.82, 2.24) is 4.90 Å². The monoisotopic (exact) mass is 358 g/mol. The topological polar surface area (TPSA) is 15.6 Å². The summed E-state index contributed by atoms with van der Waals surface area (Å²) in [7, 11) is 0. The number of hydrogen-bond acceptors (Lipinski definition) is 3. The smallest absolute Gasteiger partial charge is 0.159 e. The maximum atomic E-state index is 5.95.